The highest BCUT2D eigenvalue weighted by molar-refractivity contribution is 6.31. The van der Waals surface area contributed by atoms with E-state index in [0.29, 0.717) is 57.7 Å². The first-order chi connectivity index (χ1) is 19.8. The van der Waals surface area contributed by atoms with Crippen molar-refractivity contribution in [2.45, 2.75) is 70.9 Å². The van der Waals surface area contributed by atoms with Crippen molar-refractivity contribution in [1.29, 1.82) is 0 Å². The lowest BCUT2D eigenvalue weighted by Gasteiger charge is -2.21. The summed E-state index contributed by atoms with van der Waals surface area (Å²) in [6, 6.07) is 9.03. The molecule has 2 aliphatic rings. The molecule has 0 spiro atoms. The highest BCUT2D eigenvalue weighted by Gasteiger charge is 2.25. The third kappa shape index (κ3) is 7.35. The Morgan fingerprint density at radius 3 is 1.56 bits per heavy atom. The summed E-state index contributed by atoms with van der Waals surface area (Å²) in [6.45, 7) is 1.17. The third-order valence-corrected chi connectivity index (χ3v) is 8.33. The Balaban J connectivity index is 0.000000166. The van der Waals surface area contributed by atoms with Crippen molar-refractivity contribution >= 4 is 23.2 Å². The van der Waals surface area contributed by atoms with Gasteiger partial charge >= 0.3 is 11.5 Å². The van der Waals surface area contributed by atoms with Crippen LogP contribution in [0.2, 0.25) is 10.0 Å². The van der Waals surface area contributed by atoms with Crippen molar-refractivity contribution < 1.29 is 17.8 Å². The lowest BCUT2D eigenvalue weighted by Crippen LogP contribution is -2.24. The van der Waals surface area contributed by atoms with Gasteiger partial charge in [0.1, 0.15) is 11.6 Å². The first-order valence-corrected chi connectivity index (χ1v) is 14.5. The molecular formula is C29H30Cl2F2N4O4. The molecule has 0 unspecified atom stereocenters. The summed E-state index contributed by atoms with van der Waals surface area (Å²) < 4.78 is 40.1. The van der Waals surface area contributed by atoms with Crippen LogP contribution in [0.3, 0.4) is 0 Å². The molecule has 0 bridgehead atoms. The summed E-state index contributed by atoms with van der Waals surface area (Å²) in [7, 11) is 0. The van der Waals surface area contributed by atoms with Gasteiger partial charge in [0.15, 0.2) is 11.6 Å². The largest absolute Gasteiger partial charge is 0.441 e. The van der Waals surface area contributed by atoms with Crippen molar-refractivity contribution in [2.75, 3.05) is 0 Å². The van der Waals surface area contributed by atoms with Crippen LogP contribution >= 0.6 is 23.2 Å². The Bertz CT molecular complexity index is 1560. The molecule has 218 valence electrons. The minimum Gasteiger partial charge on any atom is -0.296 e. The van der Waals surface area contributed by atoms with E-state index >= 15 is 0 Å². The highest BCUT2D eigenvalue weighted by atomic mass is 35.5. The van der Waals surface area contributed by atoms with Crippen LogP contribution in [0.5, 0.6) is 0 Å². The second kappa shape index (κ2) is 13.2. The van der Waals surface area contributed by atoms with Crippen LogP contribution in [0.25, 0.3) is 0 Å². The second-order valence-corrected chi connectivity index (χ2v) is 11.5. The predicted molar refractivity (Wildman–Crippen MR) is 149 cm³/mol. The van der Waals surface area contributed by atoms with Crippen LogP contribution in [0.4, 0.5) is 8.78 Å². The molecule has 41 heavy (non-hydrogen) atoms. The number of benzene rings is 2. The van der Waals surface area contributed by atoms with Gasteiger partial charge in [0.05, 0.1) is 0 Å². The molecule has 8 nitrogen and oxygen atoms in total. The topological polar surface area (TPSA) is 96.1 Å². The maximum atomic E-state index is 13.9. The maximum Gasteiger partial charge on any atom is 0.441 e. The Morgan fingerprint density at radius 1 is 0.707 bits per heavy atom. The molecule has 0 saturated heterocycles. The average Bonchev–Trinajstić information content (AvgIpc) is 3.64. The van der Waals surface area contributed by atoms with Gasteiger partial charge in [-0.3, -0.25) is 18.2 Å². The van der Waals surface area contributed by atoms with E-state index in [9.17, 15) is 18.4 Å². The van der Waals surface area contributed by atoms with Crippen molar-refractivity contribution in [2.24, 2.45) is 11.8 Å². The van der Waals surface area contributed by atoms with Gasteiger partial charge in [-0.15, -0.1) is 0 Å². The number of nitrogens with zero attached hydrogens (tertiary/aromatic N) is 4. The van der Waals surface area contributed by atoms with Gasteiger partial charge in [0.25, 0.3) is 0 Å². The summed E-state index contributed by atoms with van der Waals surface area (Å²) in [5.41, 5.74) is 0.678. The molecule has 2 fully saturated rings. The molecule has 2 aromatic carbocycles. The van der Waals surface area contributed by atoms with E-state index in [1.807, 2.05) is 0 Å². The van der Waals surface area contributed by atoms with E-state index in [0.717, 1.165) is 25.7 Å². The maximum absolute atomic E-state index is 13.9. The molecule has 2 aromatic heterocycles. The van der Waals surface area contributed by atoms with E-state index in [4.69, 9.17) is 27.7 Å². The minimum atomic E-state index is -0.491. The molecule has 4 aromatic rings. The van der Waals surface area contributed by atoms with Gasteiger partial charge in [0, 0.05) is 47.1 Å². The minimum absolute atomic E-state index is 0.157. The van der Waals surface area contributed by atoms with Gasteiger partial charge in [-0.2, -0.15) is 0 Å². The fourth-order valence-electron chi connectivity index (χ4n) is 5.11. The van der Waals surface area contributed by atoms with Crippen molar-refractivity contribution in [3.05, 3.63) is 102 Å². The smallest absolute Gasteiger partial charge is 0.296 e. The normalized spacial score (nSPS) is 15.5. The lowest BCUT2D eigenvalue weighted by molar-refractivity contribution is 0.303. The summed E-state index contributed by atoms with van der Waals surface area (Å²) in [6.07, 6.45) is 8.39. The Kier molecular flexibility index (Phi) is 9.39. The molecule has 2 heterocycles. The molecular weight excluding hydrogens is 577 g/mol. The van der Waals surface area contributed by atoms with Gasteiger partial charge in [0.2, 0.25) is 0 Å². The molecule has 2 aliphatic carbocycles. The van der Waals surface area contributed by atoms with Gasteiger partial charge in [-0.05, 0) is 61.8 Å². The summed E-state index contributed by atoms with van der Waals surface area (Å²) >= 11 is 12.0. The van der Waals surface area contributed by atoms with Gasteiger partial charge in [-0.25, -0.2) is 18.4 Å². The first kappa shape index (κ1) is 29.3. The molecule has 0 amide bonds. The van der Waals surface area contributed by atoms with Crippen LogP contribution in [-0.2, 0) is 25.9 Å². The Hall–Kier alpha value is -3.24. The fourth-order valence-corrected chi connectivity index (χ4v) is 5.57. The number of aromatic nitrogens is 4. The van der Waals surface area contributed by atoms with E-state index < -0.39 is 23.1 Å². The van der Waals surface area contributed by atoms with Crippen molar-refractivity contribution in [1.82, 2.24) is 19.4 Å². The van der Waals surface area contributed by atoms with Crippen molar-refractivity contribution in [3.8, 4) is 0 Å². The molecule has 12 heteroatoms. The second-order valence-electron chi connectivity index (χ2n) is 10.7. The number of halogens is 4. The molecule has 0 atom stereocenters. The zero-order chi connectivity index (χ0) is 28.9. The third-order valence-electron chi connectivity index (χ3n) is 7.62. The van der Waals surface area contributed by atoms with Crippen LogP contribution in [0.15, 0.2) is 55.0 Å². The summed E-state index contributed by atoms with van der Waals surface area (Å²) in [4.78, 5) is 23.5. The first-order valence-electron chi connectivity index (χ1n) is 13.8. The quantitative estimate of drug-likeness (QED) is 0.229. The van der Waals surface area contributed by atoms with E-state index in [-0.39, 0.29) is 12.8 Å². The van der Waals surface area contributed by atoms with Crippen LogP contribution in [-0.4, -0.2) is 19.4 Å². The average molecular weight is 607 g/mol. The summed E-state index contributed by atoms with van der Waals surface area (Å²) in [5, 5.41) is 8.19. The monoisotopic (exact) mass is 606 g/mol. The number of hydrogen-bond donors (Lipinski definition) is 0. The molecule has 6 rings (SSSR count). The standard InChI is InChI=1S/C16H18ClFN2O2.C13H12ClFN2O2/c17-13-7-4-8-14(18)12(13)9-15-19-22-16(21)20(15)10-11-5-2-1-3-6-11;14-10-2-1-3-11(15)9(10)6-12-16-19-13(18)17(12)7-8-4-5-8/h4,7-8,11H,1-3,5-6,9-10H2;1-3,8H,4-7H2. The summed E-state index contributed by atoms with van der Waals surface area (Å²) in [5.74, 6) is 0.0505. The predicted octanol–water partition coefficient (Wildman–Crippen LogP) is 6.43. The number of rotatable bonds is 8. The fraction of sp³-hybridized carbons (Fsp3) is 0.448. The molecule has 0 radical (unpaired) electrons. The molecule has 0 N–H and O–H groups in total. The molecule has 0 aliphatic heterocycles. The van der Waals surface area contributed by atoms with Gasteiger partial charge in [-0.1, -0.05) is 64.9 Å². The van der Waals surface area contributed by atoms with E-state index in [1.54, 1.807) is 24.3 Å². The Morgan fingerprint density at radius 2 is 1.15 bits per heavy atom. The van der Waals surface area contributed by atoms with Crippen LogP contribution < -0.4 is 11.5 Å². The van der Waals surface area contributed by atoms with Gasteiger partial charge < -0.3 is 0 Å². The van der Waals surface area contributed by atoms with Crippen LogP contribution in [0.1, 0.15) is 67.7 Å². The Labute approximate surface area is 244 Å². The zero-order valence-corrected chi connectivity index (χ0v) is 23.8. The van der Waals surface area contributed by atoms with Crippen molar-refractivity contribution in [3.63, 3.8) is 0 Å². The SMILES string of the molecule is O=c1onc(Cc2c(F)cccc2Cl)n1CC1CC1.O=c1onc(Cc2c(F)cccc2Cl)n1CC1CCCCC1. The number of hydrogen-bond acceptors (Lipinski definition) is 6. The van der Waals surface area contributed by atoms with E-state index in [2.05, 4.69) is 14.8 Å². The zero-order valence-electron chi connectivity index (χ0n) is 22.3. The highest BCUT2D eigenvalue weighted by Crippen LogP contribution is 2.31. The molecule has 2 saturated carbocycles. The van der Waals surface area contributed by atoms with Crippen LogP contribution in [0, 0.1) is 23.5 Å². The lowest BCUT2D eigenvalue weighted by atomic mass is 9.89. The van der Waals surface area contributed by atoms with E-state index in [1.165, 1.54) is 40.5 Å².